The van der Waals surface area contributed by atoms with Crippen LogP contribution in [0.15, 0.2) is 58.5 Å². The van der Waals surface area contributed by atoms with Gasteiger partial charge in [-0.25, -0.2) is 13.8 Å². The zero-order valence-electron chi connectivity index (χ0n) is 17.8. The van der Waals surface area contributed by atoms with E-state index in [9.17, 15) is 13.2 Å². The third kappa shape index (κ3) is 5.34. The fraction of sp³-hybridized carbons (Fsp3) is 0.391. The van der Waals surface area contributed by atoms with E-state index in [-0.39, 0.29) is 17.3 Å². The minimum Gasteiger partial charge on any atom is -0.267 e. The monoisotopic (exact) mass is 427 g/mol. The lowest BCUT2D eigenvalue weighted by Crippen LogP contribution is -2.26. The first-order valence-corrected chi connectivity index (χ1v) is 11.7. The summed E-state index contributed by atoms with van der Waals surface area (Å²) in [5.74, 6) is 0.153. The van der Waals surface area contributed by atoms with Crippen molar-refractivity contribution in [3.63, 3.8) is 0 Å². The van der Waals surface area contributed by atoms with E-state index in [1.54, 1.807) is 55.6 Å². The number of hydrogen-bond acceptors (Lipinski definition) is 4. The first kappa shape index (κ1) is 22.2. The highest BCUT2D eigenvalue weighted by molar-refractivity contribution is 7.89. The highest BCUT2D eigenvalue weighted by Crippen LogP contribution is 2.21. The van der Waals surface area contributed by atoms with Gasteiger partial charge in [0.05, 0.1) is 4.90 Å². The lowest BCUT2D eigenvalue weighted by atomic mass is 9.89. The fourth-order valence-corrected chi connectivity index (χ4v) is 4.68. The summed E-state index contributed by atoms with van der Waals surface area (Å²) in [6, 6.07) is 13.7. The number of aryl methyl sites for hydroxylation is 1. The molecule has 1 amide bonds. The summed E-state index contributed by atoms with van der Waals surface area (Å²) in [6.07, 6.45) is 4.38. The Morgan fingerprint density at radius 1 is 1.10 bits per heavy atom. The average Bonchev–Trinajstić information content (AvgIpc) is 2.73. The van der Waals surface area contributed by atoms with Gasteiger partial charge in [0.25, 0.3) is 5.91 Å². The molecule has 0 radical (unpaired) electrons. The Balaban J connectivity index is 1.63. The van der Waals surface area contributed by atoms with E-state index >= 15 is 0 Å². The lowest BCUT2D eigenvalue weighted by Gasteiger charge is -2.19. The van der Waals surface area contributed by atoms with E-state index < -0.39 is 10.0 Å². The zero-order valence-corrected chi connectivity index (χ0v) is 18.6. The van der Waals surface area contributed by atoms with Crippen molar-refractivity contribution in [2.75, 3.05) is 7.05 Å². The van der Waals surface area contributed by atoms with E-state index in [0.29, 0.717) is 11.5 Å². The third-order valence-electron chi connectivity index (χ3n) is 5.54. The van der Waals surface area contributed by atoms with Gasteiger partial charge in [0.15, 0.2) is 0 Å². The van der Waals surface area contributed by atoms with Gasteiger partial charge in [-0.1, -0.05) is 43.2 Å². The Labute approximate surface area is 179 Å². The Morgan fingerprint density at radius 2 is 1.77 bits per heavy atom. The van der Waals surface area contributed by atoms with Crippen molar-refractivity contribution < 1.29 is 13.2 Å². The molecule has 2 aromatic rings. The molecule has 1 atom stereocenters. The molecule has 0 spiro atoms. The molecule has 30 heavy (non-hydrogen) atoms. The fourth-order valence-electron chi connectivity index (χ4n) is 3.52. The molecule has 0 unspecified atom stereocenters. The molecule has 0 aromatic heterocycles. The van der Waals surface area contributed by atoms with Gasteiger partial charge in [0.2, 0.25) is 10.0 Å². The van der Waals surface area contributed by atoms with Crippen LogP contribution in [-0.4, -0.2) is 31.4 Å². The lowest BCUT2D eigenvalue weighted by molar-refractivity contribution is 0.0954. The highest BCUT2D eigenvalue weighted by atomic mass is 32.2. The first-order chi connectivity index (χ1) is 14.3. The maximum atomic E-state index is 12.7. The molecule has 3 rings (SSSR count). The number of carbonyl (C=O) groups is 1. The van der Waals surface area contributed by atoms with Gasteiger partial charge in [-0.3, -0.25) is 4.79 Å². The van der Waals surface area contributed by atoms with Crippen molar-refractivity contribution >= 4 is 21.6 Å². The number of benzene rings is 2. The van der Waals surface area contributed by atoms with Crippen molar-refractivity contribution in [3.8, 4) is 0 Å². The van der Waals surface area contributed by atoms with Gasteiger partial charge < -0.3 is 0 Å². The summed E-state index contributed by atoms with van der Waals surface area (Å²) < 4.78 is 26.8. The number of rotatable bonds is 6. The number of nitrogens with one attached hydrogen (secondary N) is 1. The second kappa shape index (κ2) is 9.53. The van der Waals surface area contributed by atoms with E-state index in [1.807, 2.05) is 6.92 Å². The predicted octanol–water partition coefficient (Wildman–Crippen LogP) is 4.11. The maximum absolute atomic E-state index is 12.7. The molecule has 160 valence electrons. The minimum atomic E-state index is -3.57. The van der Waals surface area contributed by atoms with Crippen LogP contribution in [-0.2, 0) is 16.6 Å². The molecule has 2 aromatic carbocycles. The summed E-state index contributed by atoms with van der Waals surface area (Å²) in [7, 11) is -2.02. The largest absolute Gasteiger partial charge is 0.271 e. The molecule has 7 heteroatoms. The van der Waals surface area contributed by atoms with Crippen LogP contribution >= 0.6 is 0 Å². The van der Waals surface area contributed by atoms with Gasteiger partial charge in [0.1, 0.15) is 0 Å². The molecule has 0 heterocycles. The van der Waals surface area contributed by atoms with Gasteiger partial charge in [0, 0.05) is 24.9 Å². The van der Waals surface area contributed by atoms with Crippen LogP contribution in [0.4, 0.5) is 0 Å². The highest BCUT2D eigenvalue weighted by Gasteiger charge is 2.21. The second-order valence-electron chi connectivity index (χ2n) is 7.96. The molecular weight excluding hydrogens is 398 g/mol. The smallest absolute Gasteiger partial charge is 0.267 e. The van der Waals surface area contributed by atoms with Crippen LogP contribution in [0.1, 0.15) is 54.1 Å². The van der Waals surface area contributed by atoms with Gasteiger partial charge in [-0.2, -0.15) is 9.41 Å². The number of amides is 1. The second-order valence-corrected chi connectivity index (χ2v) is 10.0. The van der Waals surface area contributed by atoms with Crippen LogP contribution in [0.2, 0.25) is 0 Å². The summed E-state index contributed by atoms with van der Waals surface area (Å²) in [5, 5.41) is 4.31. The summed E-state index contributed by atoms with van der Waals surface area (Å²) in [4.78, 5) is 12.6. The molecule has 1 aliphatic rings. The maximum Gasteiger partial charge on any atom is 0.271 e. The van der Waals surface area contributed by atoms with E-state index in [2.05, 4.69) is 17.5 Å². The van der Waals surface area contributed by atoms with E-state index in [0.717, 1.165) is 36.1 Å². The molecule has 6 nitrogen and oxygen atoms in total. The predicted molar refractivity (Wildman–Crippen MR) is 119 cm³/mol. The SMILES string of the molecule is Cc1ccc(S(=O)(=O)N(C)Cc2ccc(C(=O)N/N=C3/CCCC[C@@H]3C)cc2)cc1. The van der Waals surface area contributed by atoms with Gasteiger partial charge in [-0.05, 0) is 61.9 Å². The Morgan fingerprint density at radius 3 is 2.40 bits per heavy atom. The topological polar surface area (TPSA) is 78.8 Å². The number of sulfonamides is 1. The number of carbonyl (C=O) groups excluding carboxylic acids is 1. The van der Waals surface area contributed by atoms with Crippen LogP contribution < -0.4 is 5.43 Å². The molecule has 1 N–H and O–H groups in total. The quantitative estimate of drug-likeness (QED) is 0.705. The number of nitrogens with zero attached hydrogens (tertiary/aromatic N) is 2. The normalized spacial score (nSPS) is 18.5. The van der Waals surface area contributed by atoms with Gasteiger partial charge >= 0.3 is 0 Å². The van der Waals surface area contributed by atoms with Crippen LogP contribution in [0.25, 0.3) is 0 Å². The molecule has 1 fully saturated rings. The van der Waals surface area contributed by atoms with Crippen molar-refractivity contribution in [1.29, 1.82) is 0 Å². The molecule has 1 aliphatic carbocycles. The molecule has 1 saturated carbocycles. The summed E-state index contributed by atoms with van der Waals surface area (Å²) >= 11 is 0. The summed E-state index contributed by atoms with van der Waals surface area (Å²) in [5.41, 5.74) is 6.01. The van der Waals surface area contributed by atoms with Crippen LogP contribution in [0.5, 0.6) is 0 Å². The molecule has 0 saturated heterocycles. The average molecular weight is 428 g/mol. The van der Waals surface area contributed by atoms with Crippen molar-refractivity contribution in [2.24, 2.45) is 11.0 Å². The van der Waals surface area contributed by atoms with Crippen molar-refractivity contribution in [1.82, 2.24) is 9.73 Å². The number of hydrogen-bond donors (Lipinski definition) is 1. The third-order valence-corrected chi connectivity index (χ3v) is 7.36. The standard InChI is InChI=1S/C23H29N3O3S/c1-17-8-14-21(15-9-17)30(28,29)26(3)16-19-10-12-20(13-11-19)23(27)25-24-22-7-5-4-6-18(22)2/h8-15,18H,4-7,16H2,1-3H3,(H,25,27)/b24-22-/t18-/m0/s1. The zero-order chi connectivity index (χ0) is 21.7. The van der Waals surface area contributed by atoms with Crippen molar-refractivity contribution in [2.45, 2.75) is 51.0 Å². The minimum absolute atomic E-state index is 0.220. The Bertz CT molecular complexity index is 1010. The number of hydrazone groups is 1. The summed E-state index contributed by atoms with van der Waals surface area (Å²) in [6.45, 7) is 4.28. The molecular formula is C23H29N3O3S. The molecule has 0 aliphatic heterocycles. The van der Waals surface area contributed by atoms with Crippen LogP contribution in [0, 0.1) is 12.8 Å². The molecule has 0 bridgehead atoms. The van der Waals surface area contributed by atoms with Crippen LogP contribution in [0.3, 0.4) is 0 Å². The van der Waals surface area contributed by atoms with E-state index in [1.165, 1.54) is 10.7 Å². The van der Waals surface area contributed by atoms with E-state index in [4.69, 9.17) is 0 Å². The van der Waals surface area contributed by atoms with Gasteiger partial charge in [-0.15, -0.1) is 0 Å². The first-order valence-electron chi connectivity index (χ1n) is 10.3. The van der Waals surface area contributed by atoms with Crippen molar-refractivity contribution in [3.05, 3.63) is 65.2 Å². The Kier molecular flexibility index (Phi) is 7.05. The Hall–Kier alpha value is -2.51.